The lowest BCUT2D eigenvalue weighted by molar-refractivity contribution is 0.975. The maximum atomic E-state index is 4.43. The van der Waals surface area contributed by atoms with Crippen LogP contribution in [0.5, 0.6) is 0 Å². The molecule has 0 spiro atoms. The van der Waals surface area contributed by atoms with Gasteiger partial charge in [0.15, 0.2) is 0 Å². The second-order valence-corrected chi connectivity index (χ2v) is 7.34. The Labute approximate surface area is 153 Å². The van der Waals surface area contributed by atoms with Crippen LogP contribution >= 0.6 is 0 Å². The molecule has 0 saturated heterocycles. The topological polar surface area (TPSA) is 25.8 Å². The highest BCUT2D eigenvalue weighted by atomic mass is 15.1. The van der Waals surface area contributed by atoms with Gasteiger partial charge in [-0.05, 0) is 71.0 Å². The van der Waals surface area contributed by atoms with Crippen LogP contribution in [-0.2, 0) is 6.42 Å². The molecule has 0 unspecified atom stereocenters. The SMILES string of the molecule is Cc1cc2c(nn1)-c1ccc(-c3ccc(C)c4cccc(C)c34)cc1C2. The van der Waals surface area contributed by atoms with Crippen molar-refractivity contribution >= 4 is 10.8 Å². The van der Waals surface area contributed by atoms with Crippen LogP contribution in [0, 0.1) is 20.8 Å². The summed E-state index contributed by atoms with van der Waals surface area (Å²) >= 11 is 0. The average molecular weight is 336 g/mol. The first-order valence-corrected chi connectivity index (χ1v) is 9.07. The van der Waals surface area contributed by atoms with Crippen molar-refractivity contribution in [1.29, 1.82) is 0 Å². The van der Waals surface area contributed by atoms with Crippen molar-refractivity contribution in [3.63, 3.8) is 0 Å². The highest BCUT2D eigenvalue weighted by Gasteiger charge is 2.21. The van der Waals surface area contributed by atoms with Crippen LogP contribution in [0.25, 0.3) is 33.2 Å². The second-order valence-electron chi connectivity index (χ2n) is 7.34. The number of benzene rings is 3. The maximum absolute atomic E-state index is 4.43. The molecular weight excluding hydrogens is 316 g/mol. The fourth-order valence-corrected chi connectivity index (χ4v) is 4.22. The lowest BCUT2D eigenvalue weighted by Gasteiger charge is -2.13. The molecule has 4 aromatic rings. The summed E-state index contributed by atoms with van der Waals surface area (Å²) in [7, 11) is 0. The van der Waals surface area contributed by atoms with Crippen LogP contribution in [0.3, 0.4) is 0 Å². The van der Waals surface area contributed by atoms with Gasteiger partial charge < -0.3 is 0 Å². The minimum absolute atomic E-state index is 0.942. The van der Waals surface area contributed by atoms with E-state index in [1.807, 2.05) is 6.92 Å². The number of hydrogen-bond acceptors (Lipinski definition) is 2. The molecule has 0 aliphatic heterocycles. The van der Waals surface area contributed by atoms with Gasteiger partial charge in [0, 0.05) is 12.0 Å². The number of fused-ring (bicyclic) bond motifs is 4. The molecule has 126 valence electrons. The summed E-state index contributed by atoms with van der Waals surface area (Å²) in [6, 6.07) is 20.0. The van der Waals surface area contributed by atoms with Gasteiger partial charge in [0.25, 0.3) is 0 Å². The van der Waals surface area contributed by atoms with Gasteiger partial charge in [-0.3, -0.25) is 0 Å². The Hall–Kier alpha value is -3.00. The lowest BCUT2D eigenvalue weighted by atomic mass is 9.91. The van der Waals surface area contributed by atoms with Crippen molar-refractivity contribution < 1.29 is 0 Å². The van der Waals surface area contributed by atoms with Gasteiger partial charge in [-0.1, -0.05) is 48.5 Å². The number of aryl methyl sites for hydroxylation is 3. The van der Waals surface area contributed by atoms with E-state index in [1.165, 1.54) is 49.7 Å². The molecule has 0 saturated carbocycles. The van der Waals surface area contributed by atoms with E-state index in [-0.39, 0.29) is 0 Å². The molecule has 0 fully saturated rings. The number of rotatable bonds is 1. The quantitative estimate of drug-likeness (QED) is 0.387. The number of hydrogen-bond donors (Lipinski definition) is 0. The molecule has 0 atom stereocenters. The first kappa shape index (κ1) is 15.3. The van der Waals surface area contributed by atoms with E-state index >= 15 is 0 Å². The molecule has 3 aromatic carbocycles. The summed E-state index contributed by atoms with van der Waals surface area (Å²) in [5.41, 5.74) is 11.1. The van der Waals surface area contributed by atoms with Gasteiger partial charge in [0.1, 0.15) is 0 Å². The Bertz CT molecular complexity index is 1190. The summed E-state index contributed by atoms with van der Waals surface area (Å²) in [4.78, 5) is 0. The molecule has 2 nitrogen and oxygen atoms in total. The third kappa shape index (κ3) is 2.19. The van der Waals surface area contributed by atoms with Crippen molar-refractivity contribution in [2.75, 3.05) is 0 Å². The van der Waals surface area contributed by atoms with Crippen molar-refractivity contribution in [3.05, 3.63) is 82.5 Å². The van der Waals surface area contributed by atoms with Crippen LogP contribution in [0.4, 0.5) is 0 Å². The van der Waals surface area contributed by atoms with Crippen molar-refractivity contribution in [2.45, 2.75) is 27.2 Å². The molecule has 1 aromatic heterocycles. The number of aromatic nitrogens is 2. The van der Waals surface area contributed by atoms with Crippen LogP contribution in [0.2, 0.25) is 0 Å². The first-order valence-electron chi connectivity index (χ1n) is 9.07. The third-order valence-corrected chi connectivity index (χ3v) is 5.51. The molecule has 1 aliphatic carbocycles. The van der Waals surface area contributed by atoms with Gasteiger partial charge in [0.05, 0.1) is 11.4 Å². The predicted molar refractivity (Wildman–Crippen MR) is 107 cm³/mol. The highest BCUT2D eigenvalue weighted by molar-refractivity contribution is 6.01. The Morgan fingerprint density at radius 1 is 0.731 bits per heavy atom. The molecule has 0 amide bonds. The van der Waals surface area contributed by atoms with Crippen LogP contribution in [0.15, 0.2) is 54.6 Å². The zero-order valence-electron chi connectivity index (χ0n) is 15.3. The smallest absolute Gasteiger partial charge is 0.0968 e. The average Bonchev–Trinajstić information content (AvgIpc) is 2.99. The van der Waals surface area contributed by atoms with E-state index in [9.17, 15) is 0 Å². The Morgan fingerprint density at radius 3 is 2.46 bits per heavy atom. The van der Waals surface area contributed by atoms with Gasteiger partial charge >= 0.3 is 0 Å². The van der Waals surface area contributed by atoms with Gasteiger partial charge in [0.2, 0.25) is 0 Å². The first-order chi connectivity index (χ1) is 12.6. The minimum Gasteiger partial charge on any atom is -0.155 e. The van der Waals surface area contributed by atoms with E-state index in [0.717, 1.165) is 17.8 Å². The highest BCUT2D eigenvalue weighted by Crippen LogP contribution is 2.39. The summed E-state index contributed by atoms with van der Waals surface area (Å²) in [5.74, 6) is 0. The van der Waals surface area contributed by atoms with Crippen molar-refractivity contribution in [3.8, 4) is 22.4 Å². The molecular formula is C24H20N2. The van der Waals surface area contributed by atoms with Gasteiger partial charge in [-0.15, -0.1) is 5.10 Å². The van der Waals surface area contributed by atoms with Crippen molar-refractivity contribution in [2.24, 2.45) is 0 Å². The number of nitrogens with zero attached hydrogens (tertiary/aromatic N) is 2. The van der Waals surface area contributed by atoms with E-state index in [4.69, 9.17) is 0 Å². The van der Waals surface area contributed by atoms with E-state index < -0.39 is 0 Å². The molecule has 0 bridgehead atoms. The third-order valence-electron chi connectivity index (χ3n) is 5.51. The predicted octanol–water partition coefficient (Wildman–Crippen LogP) is 5.79. The fourth-order valence-electron chi connectivity index (χ4n) is 4.22. The van der Waals surface area contributed by atoms with E-state index in [0.29, 0.717) is 0 Å². The molecule has 0 N–H and O–H groups in total. The molecule has 5 rings (SSSR count). The van der Waals surface area contributed by atoms with Gasteiger partial charge in [-0.2, -0.15) is 5.10 Å². The van der Waals surface area contributed by atoms with Crippen LogP contribution in [0.1, 0.15) is 27.9 Å². The summed E-state index contributed by atoms with van der Waals surface area (Å²) in [6.45, 7) is 6.39. The molecule has 1 aliphatic rings. The fraction of sp³-hybridized carbons (Fsp3) is 0.167. The lowest BCUT2D eigenvalue weighted by Crippen LogP contribution is -1.91. The normalized spacial score (nSPS) is 12.3. The Kier molecular flexibility index (Phi) is 3.23. The summed E-state index contributed by atoms with van der Waals surface area (Å²) < 4.78 is 0. The van der Waals surface area contributed by atoms with Crippen LogP contribution in [-0.4, -0.2) is 10.2 Å². The Balaban J connectivity index is 1.71. The second kappa shape index (κ2) is 5.50. The zero-order valence-corrected chi connectivity index (χ0v) is 15.3. The van der Waals surface area contributed by atoms with Gasteiger partial charge in [-0.25, -0.2) is 0 Å². The summed E-state index contributed by atoms with van der Waals surface area (Å²) in [6.07, 6.45) is 0.942. The van der Waals surface area contributed by atoms with Crippen LogP contribution < -0.4 is 0 Å². The van der Waals surface area contributed by atoms with E-state index in [1.54, 1.807) is 0 Å². The molecule has 26 heavy (non-hydrogen) atoms. The zero-order chi connectivity index (χ0) is 17.8. The molecule has 0 radical (unpaired) electrons. The maximum Gasteiger partial charge on any atom is 0.0968 e. The molecule has 2 heteroatoms. The van der Waals surface area contributed by atoms with E-state index in [2.05, 4.69) is 78.6 Å². The standard InChI is InChI=1S/C24H20N2/c1-14-7-9-21(23-15(2)5-4-6-20(14)23)17-8-10-22-18(12-17)13-19-11-16(3)25-26-24(19)22/h4-12H,13H2,1-3H3. The minimum atomic E-state index is 0.942. The monoisotopic (exact) mass is 336 g/mol. The Morgan fingerprint density at radius 2 is 1.58 bits per heavy atom. The van der Waals surface area contributed by atoms with Crippen molar-refractivity contribution in [1.82, 2.24) is 10.2 Å². The largest absolute Gasteiger partial charge is 0.155 e. The molecule has 1 heterocycles. The summed E-state index contributed by atoms with van der Waals surface area (Å²) in [5, 5.41) is 11.4.